The number of rotatable bonds is 2. The van der Waals surface area contributed by atoms with E-state index in [2.05, 4.69) is 14.1 Å². The van der Waals surface area contributed by atoms with Gasteiger partial charge < -0.3 is 10.1 Å². The molecule has 1 unspecified atom stereocenters. The number of ether oxygens (including phenoxy) is 1. The summed E-state index contributed by atoms with van der Waals surface area (Å²) in [4.78, 5) is 0. The van der Waals surface area contributed by atoms with Crippen LogP contribution in [0.4, 0.5) is 5.69 Å². The van der Waals surface area contributed by atoms with Gasteiger partial charge in [-0.3, -0.25) is 0 Å². The summed E-state index contributed by atoms with van der Waals surface area (Å²) >= 11 is 7.42. The quantitative estimate of drug-likeness (QED) is 0.911. The molecule has 90 valence electrons. The Morgan fingerprint density at radius 3 is 3.18 bits per heavy atom. The van der Waals surface area contributed by atoms with E-state index in [1.807, 2.05) is 12.1 Å². The van der Waals surface area contributed by atoms with Crippen LogP contribution in [0.2, 0.25) is 5.02 Å². The van der Waals surface area contributed by atoms with E-state index in [1.165, 1.54) is 11.7 Å². The third-order valence-corrected chi connectivity index (χ3v) is 3.74. The summed E-state index contributed by atoms with van der Waals surface area (Å²) in [6.45, 7) is 1.58. The molecule has 17 heavy (non-hydrogen) atoms. The van der Waals surface area contributed by atoms with Gasteiger partial charge in [0.15, 0.2) is 0 Å². The van der Waals surface area contributed by atoms with Gasteiger partial charge in [-0.1, -0.05) is 11.6 Å². The minimum absolute atomic E-state index is 0.313. The third kappa shape index (κ3) is 2.22. The Bertz CT molecular complexity index is 524. The number of nitrogens with one attached hydrogen (secondary N) is 1. The molecule has 1 N–H and O–H groups in total. The van der Waals surface area contributed by atoms with Crippen LogP contribution < -0.4 is 5.32 Å². The molecule has 0 amide bonds. The maximum Gasteiger partial charge on any atom is 0.129 e. The molecule has 1 atom stereocenters. The number of anilines is 1. The van der Waals surface area contributed by atoms with Crippen LogP contribution in [0.1, 0.15) is 12.8 Å². The molecule has 0 saturated carbocycles. The molecular formula is C11H12ClN3OS. The van der Waals surface area contributed by atoms with Crippen molar-refractivity contribution < 1.29 is 4.74 Å². The van der Waals surface area contributed by atoms with Crippen LogP contribution in [-0.4, -0.2) is 28.0 Å². The SMILES string of the molecule is Clc1ccc2nsnc2c1NC1CCCOC1. The van der Waals surface area contributed by atoms with Gasteiger partial charge in [0.25, 0.3) is 0 Å². The molecule has 0 spiro atoms. The molecule has 0 bridgehead atoms. The summed E-state index contributed by atoms with van der Waals surface area (Å²) in [6.07, 6.45) is 2.19. The molecule has 0 aliphatic carbocycles. The van der Waals surface area contributed by atoms with Crippen molar-refractivity contribution >= 4 is 40.0 Å². The molecule has 1 aliphatic heterocycles. The van der Waals surface area contributed by atoms with Crippen molar-refractivity contribution in [2.24, 2.45) is 0 Å². The first-order valence-corrected chi connectivity index (χ1v) is 6.70. The zero-order valence-electron chi connectivity index (χ0n) is 9.15. The van der Waals surface area contributed by atoms with Crippen LogP contribution in [0, 0.1) is 0 Å². The molecule has 4 nitrogen and oxygen atoms in total. The summed E-state index contributed by atoms with van der Waals surface area (Å²) in [5.41, 5.74) is 2.63. The number of nitrogens with zero attached hydrogens (tertiary/aromatic N) is 2. The van der Waals surface area contributed by atoms with E-state index in [1.54, 1.807) is 0 Å². The smallest absolute Gasteiger partial charge is 0.129 e. The lowest BCUT2D eigenvalue weighted by Crippen LogP contribution is -2.30. The van der Waals surface area contributed by atoms with Crippen molar-refractivity contribution in [2.45, 2.75) is 18.9 Å². The van der Waals surface area contributed by atoms with Gasteiger partial charge in [0.2, 0.25) is 0 Å². The van der Waals surface area contributed by atoms with Gasteiger partial charge in [0.1, 0.15) is 11.0 Å². The fourth-order valence-electron chi connectivity index (χ4n) is 2.02. The Kier molecular flexibility index (Phi) is 3.13. The maximum absolute atomic E-state index is 6.21. The van der Waals surface area contributed by atoms with Crippen LogP contribution >= 0.6 is 23.3 Å². The first-order valence-electron chi connectivity index (χ1n) is 5.59. The van der Waals surface area contributed by atoms with Crippen molar-refractivity contribution in [1.29, 1.82) is 0 Å². The Labute approximate surface area is 108 Å². The van der Waals surface area contributed by atoms with Crippen molar-refractivity contribution in [3.05, 3.63) is 17.2 Å². The fourth-order valence-corrected chi connectivity index (χ4v) is 2.77. The van der Waals surface area contributed by atoms with Crippen molar-refractivity contribution in [3.8, 4) is 0 Å². The van der Waals surface area contributed by atoms with Crippen LogP contribution in [0.15, 0.2) is 12.1 Å². The summed E-state index contributed by atoms with van der Waals surface area (Å²) in [5.74, 6) is 0. The molecule has 1 aromatic heterocycles. The maximum atomic E-state index is 6.21. The predicted octanol–water partition coefficient (Wildman–Crippen LogP) is 2.94. The monoisotopic (exact) mass is 269 g/mol. The average molecular weight is 270 g/mol. The molecule has 2 aromatic rings. The largest absolute Gasteiger partial charge is 0.379 e. The first-order chi connectivity index (χ1) is 8.34. The molecule has 2 heterocycles. The van der Waals surface area contributed by atoms with Crippen LogP contribution in [0.3, 0.4) is 0 Å². The zero-order valence-corrected chi connectivity index (χ0v) is 10.7. The van der Waals surface area contributed by atoms with Crippen molar-refractivity contribution in [2.75, 3.05) is 18.5 Å². The van der Waals surface area contributed by atoms with E-state index in [9.17, 15) is 0 Å². The van der Waals surface area contributed by atoms with Crippen LogP contribution in [0.25, 0.3) is 11.0 Å². The van der Waals surface area contributed by atoms with E-state index in [4.69, 9.17) is 16.3 Å². The number of fused-ring (bicyclic) bond motifs is 1. The number of halogens is 1. The van der Waals surface area contributed by atoms with Crippen LogP contribution in [-0.2, 0) is 4.74 Å². The minimum Gasteiger partial charge on any atom is -0.379 e. The van der Waals surface area contributed by atoms with Gasteiger partial charge in [0.05, 0.1) is 29.0 Å². The van der Waals surface area contributed by atoms with Gasteiger partial charge in [-0.25, -0.2) is 0 Å². The Balaban J connectivity index is 1.92. The Hall–Kier alpha value is -0.910. The highest BCUT2D eigenvalue weighted by molar-refractivity contribution is 7.00. The number of hydrogen-bond acceptors (Lipinski definition) is 5. The van der Waals surface area contributed by atoms with Gasteiger partial charge in [-0.2, -0.15) is 8.75 Å². The summed E-state index contributed by atoms with van der Waals surface area (Å²) in [5, 5.41) is 4.12. The van der Waals surface area contributed by atoms with E-state index in [0.717, 1.165) is 42.8 Å². The first kappa shape index (κ1) is 11.2. The van der Waals surface area contributed by atoms with E-state index in [0.29, 0.717) is 11.1 Å². The molecule has 1 fully saturated rings. The molecular weight excluding hydrogens is 258 g/mol. The van der Waals surface area contributed by atoms with Crippen molar-refractivity contribution in [3.63, 3.8) is 0 Å². The summed E-state index contributed by atoms with van der Waals surface area (Å²) in [6, 6.07) is 4.06. The summed E-state index contributed by atoms with van der Waals surface area (Å²) < 4.78 is 14.0. The van der Waals surface area contributed by atoms with Gasteiger partial charge >= 0.3 is 0 Å². The van der Waals surface area contributed by atoms with Gasteiger partial charge in [0, 0.05) is 12.6 Å². The predicted molar refractivity (Wildman–Crippen MR) is 69.9 cm³/mol. The average Bonchev–Trinajstić information content (AvgIpc) is 2.83. The number of aromatic nitrogens is 2. The van der Waals surface area contributed by atoms with E-state index >= 15 is 0 Å². The van der Waals surface area contributed by atoms with Gasteiger partial charge in [-0.15, -0.1) is 0 Å². The molecule has 1 aromatic carbocycles. The molecule has 0 radical (unpaired) electrons. The normalized spacial score (nSPS) is 20.6. The third-order valence-electron chi connectivity index (χ3n) is 2.89. The number of benzene rings is 1. The molecule has 6 heteroatoms. The second-order valence-electron chi connectivity index (χ2n) is 4.11. The molecule has 3 rings (SSSR count). The standard InChI is InChI=1S/C11H12ClN3OS/c12-8-3-4-9-11(15-17-14-9)10(8)13-7-2-1-5-16-6-7/h3-4,7,13H,1-2,5-6H2. The van der Waals surface area contributed by atoms with E-state index in [-0.39, 0.29) is 0 Å². The second-order valence-corrected chi connectivity index (χ2v) is 5.05. The summed E-state index contributed by atoms with van der Waals surface area (Å²) in [7, 11) is 0. The lowest BCUT2D eigenvalue weighted by molar-refractivity contribution is 0.0876. The fraction of sp³-hybridized carbons (Fsp3) is 0.455. The lowest BCUT2D eigenvalue weighted by atomic mass is 10.1. The number of hydrogen-bond donors (Lipinski definition) is 1. The highest BCUT2D eigenvalue weighted by atomic mass is 35.5. The zero-order chi connectivity index (χ0) is 11.7. The minimum atomic E-state index is 0.313. The van der Waals surface area contributed by atoms with E-state index < -0.39 is 0 Å². The Morgan fingerprint density at radius 2 is 2.35 bits per heavy atom. The topological polar surface area (TPSA) is 47.0 Å². The molecule has 1 aliphatic rings. The highest BCUT2D eigenvalue weighted by Gasteiger charge is 2.17. The van der Waals surface area contributed by atoms with Crippen LogP contribution in [0.5, 0.6) is 0 Å². The lowest BCUT2D eigenvalue weighted by Gasteiger charge is -2.24. The highest BCUT2D eigenvalue weighted by Crippen LogP contribution is 2.31. The molecule has 1 saturated heterocycles. The second kappa shape index (κ2) is 4.76. The van der Waals surface area contributed by atoms with Gasteiger partial charge in [-0.05, 0) is 25.0 Å². The van der Waals surface area contributed by atoms with Crippen molar-refractivity contribution in [1.82, 2.24) is 8.75 Å². The Morgan fingerprint density at radius 1 is 1.41 bits per heavy atom.